The Morgan fingerprint density at radius 2 is 1.89 bits per heavy atom. The highest BCUT2D eigenvalue weighted by Gasteiger charge is 2.32. The summed E-state index contributed by atoms with van der Waals surface area (Å²) >= 11 is 0. The summed E-state index contributed by atoms with van der Waals surface area (Å²) in [6.45, 7) is 3.84. The molecule has 4 aromatic rings. The van der Waals surface area contributed by atoms with E-state index in [4.69, 9.17) is 25.2 Å². The number of methoxy groups -OCH3 is 1. The molecule has 232 valence electrons. The number of amides is 2. The third-order valence-corrected chi connectivity index (χ3v) is 9.44. The van der Waals surface area contributed by atoms with E-state index in [1.54, 1.807) is 7.11 Å². The number of likely N-dealkylation sites (tertiary alicyclic amines) is 1. The predicted molar refractivity (Wildman–Crippen MR) is 167 cm³/mol. The number of imidazole rings is 1. The van der Waals surface area contributed by atoms with Crippen LogP contribution in [0.4, 0.5) is 0 Å². The maximum Gasteiger partial charge on any atom is 0.254 e. The molecule has 1 aromatic carbocycles. The Hall–Kier alpha value is -3.96. The van der Waals surface area contributed by atoms with Crippen LogP contribution in [0.1, 0.15) is 67.0 Å². The molecule has 2 atom stereocenters. The molecule has 3 aliphatic heterocycles. The van der Waals surface area contributed by atoms with E-state index in [2.05, 4.69) is 22.8 Å². The fourth-order valence-electron chi connectivity index (χ4n) is 7.19. The van der Waals surface area contributed by atoms with E-state index in [0.29, 0.717) is 49.6 Å². The first kappa shape index (κ1) is 28.8. The molecule has 0 aliphatic carbocycles. The van der Waals surface area contributed by atoms with Crippen molar-refractivity contribution in [2.75, 3.05) is 40.0 Å². The number of pyridine rings is 1. The number of benzene rings is 1. The number of hydrogen-bond donors (Lipinski definition) is 1. The number of carbonyl (C=O) groups excluding carboxylic acids is 2. The standard InChI is InChI=1S/C33H41N7O4/c1-37-30-25(17-22(19-28(30)43-2)33(42)38-12-5-7-23(34)20-38)36-32(37)27-18-21-9-10-24-26-8-6-14-39(26)29(41)11-16-44-15-4-3-13-40(27)31(21)35-24/h9-10,17-19,23,26H,3-8,11-16,20,34H2,1-2H3/t23-,26-/m1/s1. The van der Waals surface area contributed by atoms with Crippen LogP contribution in [-0.2, 0) is 23.1 Å². The number of ether oxygens (including phenoxy) is 2. The van der Waals surface area contributed by atoms with Gasteiger partial charge in [-0.15, -0.1) is 0 Å². The summed E-state index contributed by atoms with van der Waals surface area (Å²) in [7, 11) is 3.62. The van der Waals surface area contributed by atoms with E-state index in [1.807, 2.05) is 33.5 Å². The van der Waals surface area contributed by atoms with Crippen LogP contribution in [0, 0.1) is 0 Å². The fourth-order valence-corrected chi connectivity index (χ4v) is 7.19. The van der Waals surface area contributed by atoms with Crippen LogP contribution in [0.2, 0.25) is 0 Å². The fraction of sp³-hybridized carbons (Fsp3) is 0.515. The molecule has 3 aromatic heterocycles. The smallest absolute Gasteiger partial charge is 0.254 e. The Balaban J connectivity index is 1.33. The van der Waals surface area contributed by atoms with Gasteiger partial charge in [0.2, 0.25) is 5.91 Å². The topological polar surface area (TPSA) is 121 Å². The number of fused-ring (bicyclic) bond motifs is 4. The Kier molecular flexibility index (Phi) is 7.75. The van der Waals surface area contributed by atoms with Crippen molar-refractivity contribution in [3.8, 4) is 17.3 Å². The van der Waals surface area contributed by atoms with Crippen molar-refractivity contribution in [2.24, 2.45) is 12.8 Å². The second kappa shape index (κ2) is 11.9. The highest BCUT2D eigenvalue weighted by molar-refractivity contribution is 6.00. The van der Waals surface area contributed by atoms with Crippen molar-refractivity contribution in [3.63, 3.8) is 0 Å². The van der Waals surface area contributed by atoms with Gasteiger partial charge in [0.1, 0.15) is 16.9 Å². The van der Waals surface area contributed by atoms with Crippen LogP contribution in [0.3, 0.4) is 0 Å². The van der Waals surface area contributed by atoms with Gasteiger partial charge < -0.3 is 34.1 Å². The van der Waals surface area contributed by atoms with Crippen molar-refractivity contribution in [1.82, 2.24) is 28.9 Å². The Bertz CT molecular complexity index is 1730. The molecule has 11 nitrogen and oxygen atoms in total. The van der Waals surface area contributed by atoms with E-state index < -0.39 is 0 Å². The van der Waals surface area contributed by atoms with Crippen LogP contribution >= 0.6 is 0 Å². The first-order valence-electron chi connectivity index (χ1n) is 15.9. The minimum Gasteiger partial charge on any atom is -0.494 e. The molecule has 2 bridgehead atoms. The van der Waals surface area contributed by atoms with E-state index >= 15 is 0 Å². The zero-order valence-corrected chi connectivity index (χ0v) is 25.6. The molecule has 2 saturated heterocycles. The Morgan fingerprint density at radius 3 is 2.73 bits per heavy atom. The van der Waals surface area contributed by atoms with Gasteiger partial charge in [0.25, 0.3) is 5.91 Å². The molecule has 0 spiro atoms. The number of piperidine rings is 1. The zero-order chi connectivity index (χ0) is 30.4. The van der Waals surface area contributed by atoms with Crippen molar-refractivity contribution < 1.29 is 19.1 Å². The lowest BCUT2D eigenvalue weighted by Crippen LogP contribution is -2.45. The quantitative estimate of drug-likeness (QED) is 0.378. The van der Waals surface area contributed by atoms with Crippen LogP contribution < -0.4 is 10.5 Å². The van der Waals surface area contributed by atoms with Gasteiger partial charge in [-0.05, 0) is 68.9 Å². The Morgan fingerprint density at radius 1 is 1.02 bits per heavy atom. The van der Waals surface area contributed by atoms with Crippen molar-refractivity contribution in [2.45, 2.75) is 63.6 Å². The van der Waals surface area contributed by atoms with E-state index in [1.165, 1.54) is 0 Å². The van der Waals surface area contributed by atoms with Crippen LogP contribution in [0.25, 0.3) is 33.6 Å². The number of carbonyl (C=O) groups is 2. The van der Waals surface area contributed by atoms with Gasteiger partial charge >= 0.3 is 0 Å². The highest BCUT2D eigenvalue weighted by Crippen LogP contribution is 2.37. The van der Waals surface area contributed by atoms with Crippen LogP contribution in [0.15, 0.2) is 30.3 Å². The maximum absolute atomic E-state index is 13.5. The van der Waals surface area contributed by atoms with E-state index in [0.717, 1.165) is 85.4 Å². The number of rotatable bonds is 3. The van der Waals surface area contributed by atoms with Gasteiger partial charge in [-0.2, -0.15) is 0 Å². The molecule has 3 aliphatic rings. The summed E-state index contributed by atoms with van der Waals surface area (Å²) in [6.07, 6.45) is 5.91. The normalized spacial score (nSPS) is 21.7. The molecule has 44 heavy (non-hydrogen) atoms. The van der Waals surface area contributed by atoms with Gasteiger partial charge in [0, 0.05) is 56.8 Å². The lowest BCUT2D eigenvalue weighted by molar-refractivity contribution is -0.133. The SMILES string of the molecule is COc1cc(C(=O)N2CCC[C@@H](N)C2)cc2nc(-c3cc4ccc5nc4n3CCCCOCCC(=O)N3CCC[C@H]53)n(C)c12. The first-order chi connectivity index (χ1) is 21.4. The molecule has 0 unspecified atom stereocenters. The molecule has 7 rings (SSSR count). The summed E-state index contributed by atoms with van der Waals surface area (Å²) in [5.41, 5.74) is 11.0. The van der Waals surface area contributed by atoms with Gasteiger partial charge in [0.05, 0.1) is 43.1 Å². The van der Waals surface area contributed by atoms with Crippen molar-refractivity contribution in [1.29, 1.82) is 0 Å². The zero-order valence-electron chi connectivity index (χ0n) is 25.6. The third-order valence-electron chi connectivity index (χ3n) is 9.44. The molecule has 2 N–H and O–H groups in total. The molecule has 11 heteroatoms. The average Bonchev–Trinajstić information content (AvgIpc) is 3.75. The van der Waals surface area contributed by atoms with Gasteiger partial charge in [0.15, 0.2) is 5.82 Å². The number of nitrogens with two attached hydrogens (primary N) is 1. The average molecular weight is 600 g/mol. The molecule has 2 amide bonds. The monoisotopic (exact) mass is 599 g/mol. The minimum atomic E-state index is -0.0480. The van der Waals surface area contributed by atoms with E-state index in [9.17, 15) is 9.59 Å². The van der Waals surface area contributed by atoms with E-state index in [-0.39, 0.29) is 23.9 Å². The number of aryl methyl sites for hydroxylation is 2. The number of nitrogens with zero attached hydrogens (tertiary/aromatic N) is 6. The molecular weight excluding hydrogens is 558 g/mol. The number of hydrogen-bond acceptors (Lipinski definition) is 7. The summed E-state index contributed by atoms with van der Waals surface area (Å²) in [5, 5.41) is 1.03. The van der Waals surface area contributed by atoms with Gasteiger partial charge in [-0.1, -0.05) is 0 Å². The molecular formula is C33H41N7O4. The largest absolute Gasteiger partial charge is 0.494 e. The lowest BCUT2D eigenvalue weighted by atomic mass is 10.0. The summed E-state index contributed by atoms with van der Waals surface area (Å²) in [5.74, 6) is 1.47. The lowest BCUT2D eigenvalue weighted by Gasteiger charge is -2.30. The van der Waals surface area contributed by atoms with Gasteiger partial charge in [-0.3, -0.25) is 9.59 Å². The second-order valence-corrected chi connectivity index (χ2v) is 12.3. The highest BCUT2D eigenvalue weighted by atomic mass is 16.5. The molecule has 0 radical (unpaired) electrons. The third kappa shape index (κ3) is 5.11. The number of aromatic nitrogens is 4. The summed E-state index contributed by atoms with van der Waals surface area (Å²) in [6, 6.07) is 10.0. The Labute approximate surface area is 256 Å². The van der Waals surface area contributed by atoms with Crippen molar-refractivity contribution >= 4 is 33.9 Å². The van der Waals surface area contributed by atoms with Crippen molar-refractivity contribution in [3.05, 3.63) is 41.6 Å². The first-order valence-corrected chi connectivity index (χ1v) is 15.9. The van der Waals surface area contributed by atoms with Crippen LogP contribution in [-0.4, -0.2) is 86.7 Å². The van der Waals surface area contributed by atoms with Crippen LogP contribution in [0.5, 0.6) is 5.75 Å². The molecule has 2 fully saturated rings. The molecule has 6 heterocycles. The minimum absolute atomic E-state index is 0.00227. The summed E-state index contributed by atoms with van der Waals surface area (Å²) < 4.78 is 16.0. The predicted octanol–water partition coefficient (Wildman–Crippen LogP) is 4.03. The van der Waals surface area contributed by atoms with Gasteiger partial charge in [-0.25, -0.2) is 9.97 Å². The summed E-state index contributed by atoms with van der Waals surface area (Å²) in [4.78, 5) is 40.6. The second-order valence-electron chi connectivity index (χ2n) is 12.3. The molecule has 0 saturated carbocycles. The maximum atomic E-state index is 13.5.